The van der Waals surface area contributed by atoms with Crippen molar-refractivity contribution in [3.8, 4) is 0 Å². The third kappa shape index (κ3) is 2.58. The maximum atomic E-state index is 11.3. The van der Waals surface area contributed by atoms with Gasteiger partial charge in [-0.15, -0.1) is 0 Å². The van der Waals surface area contributed by atoms with Crippen molar-refractivity contribution < 1.29 is 14.6 Å². The van der Waals surface area contributed by atoms with E-state index in [0.717, 1.165) is 23.3 Å². The van der Waals surface area contributed by atoms with E-state index in [4.69, 9.17) is 0 Å². The summed E-state index contributed by atoms with van der Waals surface area (Å²) in [4.78, 5) is 17.5. The minimum absolute atomic E-state index is 0.302. The van der Waals surface area contributed by atoms with Crippen LogP contribution in [0.25, 0.3) is 0 Å². The largest absolute Gasteiger partial charge is 0.465 e. The van der Waals surface area contributed by atoms with Crippen LogP contribution in [-0.2, 0) is 4.74 Å². The first-order valence-corrected chi connectivity index (χ1v) is 6.08. The van der Waals surface area contributed by atoms with E-state index in [1.54, 1.807) is 6.07 Å². The van der Waals surface area contributed by atoms with Crippen molar-refractivity contribution in [3.63, 3.8) is 0 Å². The number of carbonyl (C=O) groups excluding carboxylic acids is 1. The van der Waals surface area contributed by atoms with Crippen molar-refractivity contribution in [2.45, 2.75) is 12.5 Å². The highest BCUT2D eigenvalue weighted by atomic mass is 79.9. The number of halogens is 1. The minimum atomic E-state index is -0.411. The lowest BCUT2D eigenvalue weighted by Crippen LogP contribution is -2.22. The normalized spacial score (nSPS) is 19.5. The summed E-state index contributed by atoms with van der Waals surface area (Å²) in [5, 5.41) is 9.47. The second kappa shape index (κ2) is 5.01. The van der Waals surface area contributed by atoms with E-state index in [-0.39, 0.29) is 6.10 Å². The number of aliphatic hydroxyl groups is 1. The van der Waals surface area contributed by atoms with Crippen LogP contribution in [0.2, 0.25) is 0 Å². The fourth-order valence-electron chi connectivity index (χ4n) is 1.83. The molecule has 0 radical (unpaired) electrons. The van der Waals surface area contributed by atoms with Gasteiger partial charge in [-0.1, -0.05) is 0 Å². The lowest BCUT2D eigenvalue weighted by Gasteiger charge is -2.18. The van der Waals surface area contributed by atoms with Crippen LogP contribution in [0.3, 0.4) is 0 Å². The highest BCUT2D eigenvalue weighted by Crippen LogP contribution is 2.27. The Morgan fingerprint density at radius 3 is 3.00 bits per heavy atom. The van der Waals surface area contributed by atoms with Crippen LogP contribution in [0.5, 0.6) is 0 Å². The summed E-state index contributed by atoms with van der Waals surface area (Å²) in [6, 6.07) is 1.68. The highest BCUT2D eigenvalue weighted by Gasteiger charge is 2.23. The minimum Gasteiger partial charge on any atom is -0.465 e. The molecule has 1 aliphatic heterocycles. The second-order valence-corrected chi connectivity index (χ2v) is 4.76. The molecular weight excluding hydrogens is 288 g/mol. The molecule has 92 valence electrons. The molecule has 1 aliphatic rings. The van der Waals surface area contributed by atoms with E-state index in [9.17, 15) is 9.90 Å². The van der Waals surface area contributed by atoms with Crippen LogP contribution >= 0.6 is 15.9 Å². The molecule has 0 unspecified atom stereocenters. The predicted octanol–water partition coefficient (Wildman–Crippen LogP) is 1.20. The average molecular weight is 301 g/mol. The zero-order valence-electron chi connectivity index (χ0n) is 9.39. The molecule has 5 nitrogen and oxygen atoms in total. The number of hydrogen-bond donors (Lipinski definition) is 1. The molecule has 1 fully saturated rings. The number of ether oxygens (including phenoxy) is 1. The van der Waals surface area contributed by atoms with Crippen LogP contribution in [0.1, 0.15) is 16.8 Å². The number of β-amino-alcohol motifs (C(OH)–C–C–N with tert-alkyl or cyclic N) is 1. The molecule has 2 rings (SSSR count). The summed E-state index contributed by atoms with van der Waals surface area (Å²) in [6.07, 6.45) is 1.92. The SMILES string of the molecule is COC(=O)c1cnc(N2CC[C@H](O)C2)c(Br)c1. The number of nitrogens with zero attached hydrogens (tertiary/aromatic N) is 2. The standard InChI is InChI=1S/C11H13BrN2O3/c1-17-11(16)7-4-9(12)10(13-5-7)14-3-2-8(15)6-14/h4-5,8,15H,2-3,6H2,1H3/t8-/m0/s1. The topological polar surface area (TPSA) is 62.7 Å². The van der Waals surface area contributed by atoms with Gasteiger partial charge in [-0.05, 0) is 28.4 Å². The number of rotatable bonds is 2. The van der Waals surface area contributed by atoms with Crippen LogP contribution in [-0.4, -0.2) is 42.4 Å². The Morgan fingerprint density at radius 2 is 2.47 bits per heavy atom. The molecule has 0 bridgehead atoms. The number of aliphatic hydroxyl groups excluding tert-OH is 1. The number of aromatic nitrogens is 1. The van der Waals surface area contributed by atoms with Crippen molar-refractivity contribution in [1.82, 2.24) is 4.98 Å². The van der Waals surface area contributed by atoms with Gasteiger partial charge in [0, 0.05) is 19.3 Å². The number of pyridine rings is 1. The molecule has 2 heterocycles. The van der Waals surface area contributed by atoms with E-state index < -0.39 is 5.97 Å². The summed E-state index contributed by atoms with van der Waals surface area (Å²) in [6.45, 7) is 1.34. The molecular formula is C11H13BrN2O3. The van der Waals surface area contributed by atoms with Gasteiger partial charge in [-0.25, -0.2) is 9.78 Å². The van der Waals surface area contributed by atoms with Crippen LogP contribution in [0.15, 0.2) is 16.7 Å². The predicted molar refractivity (Wildman–Crippen MR) is 66.1 cm³/mol. The Morgan fingerprint density at radius 1 is 1.71 bits per heavy atom. The first kappa shape index (κ1) is 12.3. The van der Waals surface area contributed by atoms with Crippen LogP contribution in [0.4, 0.5) is 5.82 Å². The van der Waals surface area contributed by atoms with Crippen molar-refractivity contribution in [2.24, 2.45) is 0 Å². The summed E-state index contributed by atoms with van der Waals surface area (Å²) in [7, 11) is 1.33. The monoisotopic (exact) mass is 300 g/mol. The van der Waals surface area contributed by atoms with Gasteiger partial charge in [0.15, 0.2) is 0 Å². The number of anilines is 1. The van der Waals surface area contributed by atoms with Crippen LogP contribution in [0, 0.1) is 0 Å². The van der Waals surface area contributed by atoms with Gasteiger partial charge in [-0.2, -0.15) is 0 Å². The molecule has 17 heavy (non-hydrogen) atoms. The molecule has 1 saturated heterocycles. The Balaban J connectivity index is 2.23. The molecule has 1 aromatic rings. The lowest BCUT2D eigenvalue weighted by atomic mass is 10.3. The molecule has 6 heteroatoms. The third-order valence-corrected chi connectivity index (χ3v) is 3.29. The molecule has 1 atom stereocenters. The van der Waals surface area contributed by atoms with E-state index in [1.165, 1.54) is 13.3 Å². The molecule has 0 aromatic carbocycles. The molecule has 0 saturated carbocycles. The first-order chi connectivity index (χ1) is 8.11. The summed E-state index contributed by atoms with van der Waals surface area (Å²) in [5.41, 5.74) is 0.405. The Hall–Kier alpha value is -1.14. The van der Waals surface area contributed by atoms with Crippen molar-refractivity contribution in [2.75, 3.05) is 25.1 Å². The van der Waals surface area contributed by atoms with Gasteiger partial charge < -0.3 is 14.7 Å². The number of carbonyl (C=O) groups is 1. The van der Waals surface area contributed by atoms with Gasteiger partial charge in [0.1, 0.15) is 5.82 Å². The van der Waals surface area contributed by atoms with Gasteiger partial charge in [0.25, 0.3) is 0 Å². The maximum Gasteiger partial charge on any atom is 0.339 e. The molecule has 1 N–H and O–H groups in total. The molecule has 0 amide bonds. The van der Waals surface area contributed by atoms with E-state index in [1.807, 2.05) is 4.90 Å². The summed E-state index contributed by atoms with van der Waals surface area (Å²) in [5.74, 6) is 0.334. The summed E-state index contributed by atoms with van der Waals surface area (Å²) >= 11 is 3.38. The number of methoxy groups -OCH3 is 1. The Labute approximate surface area is 108 Å². The van der Waals surface area contributed by atoms with Crippen molar-refractivity contribution in [3.05, 3.63) is 22.3 Å². The number of esters is 1. The fourth-order valence-corrected chi connectivity index (χ4v) is 2.43. The second-order valence-electron chi connectivity index (χ2n) is 3.91. The quantitative estimate of drug-likeness (QED) is 0.832. The van der Waals surface area contributed by atoms with Gasteiger partial charge in [0.05, 0.1) is 23.2 Å². The van der Waals surface area contributed by atoms with E-state index in [2.05, 4.69) is 25.7 Å². The van der Waals surface area contributed by atoms with Gasteiger partial charge in [-0.3, -0.25) is 0 Å². The smallest absolute Gasteiger partial charge is 0.339 e. The third-order valence-electron chi connectivity index (χ3n) is 2.71. The fraction of sp³-hybridized carbons (Fsp3) is 0.455. The Kier molecular flexibility index (Phi) is 3.63. The Bertz CT molecular complexity index is 439. The van der Waals surface area contributed by atoms with Crippen LogP contribution < -0.4 is 4.90 Å². The summed E-state index contributed by atoms with van der Waals surface area (Å²) < 4.78 is 5.35. The molecule has 0 aliphatic carbocycles. The van der Waals surface area contributed by atoms with E-state index >= 15 is 0 Å². The number of hydrogen-bond acceptors (Lipinski definition) is 5. The van der Waals surface area contributed by atoms with Gasteiger partial charge in [0.2, 0.25) is 0 Å². The molecule has 1 aromatic heterocycles. The first-order valence-electron chi connectivity index (χ1n) is 5.28. The average Bonchev–Trinajstić information content (AvgIpc) is 2.74. The lowest BCUT2D eigenvalue weighted by molar-refractivity contribution is 0.0600. The zero-order chi connectivity index (χ0) is 12.4. The zero-order valence-corrected chi connectivity index (χ0v) is 11.0. The van der Waals surface area contributed by atoms with Crippen molar-refractivity contribution in [1.29, 1.82) is 0 Å². The van der Waals surface area contributed by atoms with Gasteiger partial charge >= 0.3 is 5.97 Å². The van der Waals surface area contributed by atoms with E-state index in [0.29, 0.717) is 12.1 Å². The maximum absolute atomic E-state index is 11.3. The van der Waals surface area contributed by atoms with Crippen molar-refractivity contribution >= 4 is 27.7 Å². The highest BCUT2D eigenvalue weighted by molar-refractivity contribution is 9.10. The molecule has 0 spiro atoms.